The lowest BCUT2D eigenvalue weighted by Crippen LogP contribution is -2.65. The molecule has 170 valence electrons. The van der Waals surface area contributed by atoms with Gasteiger partial charge in [0.15, 0.2) is 0 Å². The fraction of sp³-hybridized carbons (Fsp3) is 0.636. The number of alkyl halides is 3. The van der Waals surface area contributed by atoms with Crippen LogP contribution in [-0.2, 0) is 27.1 Å². The summed E-state index contributed by atoms with van der Waals surface area (Å²) in [5.74, 6) is 0.418. The van der Waals surface area contributed by atoms with Crippen LogP contribution in [0.4, 0.5) is 18.0 Å². The van der Waals surface area contributed by atoms with E-state index in [-0.39, 0.29) is 30.4 Å². The number of carbonyl (C=O) groups excluding carboxylic acids is 2. The minimum absolute atomic E-state index is 0.0151. The van der Waals surface area contributed by atoms with Gasteiger partial charge in [0.2, 0.25) is 5.91 Å². The first-order valence-electron chi connectivity index (χ1n) is 10.7. The zero-order valence-electron chi connectivity index (χ0n) is 17.7. The SMILES string of the molecule is CC(C)[C@H]1COC23CCN(C(=O)OCc4ccc(C(F)(F)F)cc4)CC2CCC(=O)N13. The number of likely N-dealkylation sites (tertiary alicyclic amines) is 1. The van der Waals surface area contributed by atoms with Crippen LogP contribution in [0.25, 0.3) is 0 Å². The second kappa shape index (κ2) is 8.00. The van der Waals surface area contributed by atoms with Gasteiger partial charge < -0.3 is 19.3 Å². The number of benzene rings is 1. The Morgan fingerprint density at radius 1 is 1.29 bits per heavy atom. The Kier molecular flexibility index (Phi) is 5.66. The van der Waals surface area contributed by atoms with E-state index in [0.717, 1.165) is 12.1 Å². The molecule has 1 aromatic rings. The van der Waals surface area contributed by atoms with E-state index in [4.69, 9.17) is 9.47 Å². The minimum atomic E-state index is -4.40. The summed E-state index contributed by atoms with van der Waals surface area (Å²) in [6.45, 7) is 5.41. The lowest BCUT2D eigenvalue weighted by molar-refractivity contribution is -0.190. The molecule has 3 aliphatic heterocycles. The summed E-state index contributed by atoms with van der Waals surface area (Å²) in [7, 11) is 0. The summed E-state index contributed by atoms with van der Waals surface area (Å²) in [6.07, 6.45) is -3.28. The molecule has 2 amide bonds. The molecule has 9 heteroatoms. The van der Waals surface area contributed by atoms with Crippen molar-refractivity contribution in [3.63, 3.8) is 0 Å². The molecule has 6 nitrogen and oxygen atoms in total. The van der Waals surface area contributed by atoms with E-state index in [2.05, 4.69) is 13.8 Å². The lowest BCUT2D eigenvalue weighted by Gasteiger charge is -2.52. The van der Waals surface area contributed by atoms with Crippen molar-refractivity contribution in [1.82, 2.24) is 9.80 Å². The molecule has 3 heterocycles. The summed E-state index contributed by atoms with van der Waals surface area (Å²) in [5.41, 5.74) is -0.895. The second-order valence-corrected chi connectivity index (χ2v) is 8.91. The summed E-state index contributed by atoms with van der Waals surface area (Å²) >= 11 is 0. The van der Waals surface area contributed by atoms with Gasteiger partial charge in [0.1, 0.15) is 12.3 Å². The molecule has 0 bridgehead atoms. The first-order chi connectivity index (χ1) is 14.6. The molecule has 2 unspecified atom stereocenters. The molecule has 4 rings (SSSR count). The molecular formula is C22H27F3N2O4. The third-order valence-corrected chi connectivity index (χ3v) is 6.71. The highest BCUT2D eigenvalue weighted by Crippen LogP contribution is 2.47. The molecule has 3 atom stereocenters. The number of piperidine rings is 2. The monoisotopic (exact) mass is 440 g/mol. The van der Waals surface area contributed by atoms with Gasteiger partial charge in [-0.25, -0.2) is 4.79 Å². The van der Waals surface area contributed by atoms with E-state index in [1.807, 2.05) is 4.90 Å². The van der Waals surface area contributed by atoms with Gasteiger partial charge in [-0.2, -0.15) is 13.2 Å². The first kappa shape index (κ1) is 21.9. The average Bonchev–Trinajstić information content (AvgIpc) is 3.12. The average molecular weight is 440 g/mol. The molecule has 3 fully saturated rings. The standard InChI is InChI=1S/C22H27F3N2O4/c1-14(2)18-13-31-21-9-10-26(11-17(21)7-8-19(28)27(18)21)20(29)30-12-15-3-5-16(6-4-15)22(23,24)25/h3-6,14,17-18H,7-13H2,1-2H3/t17?,18-,21?/m1/s1. The molecule has 0 aliphatic carbocycles. The summed E-state index contributed by atoms with van der Waals surface area (Å²) in [5, 5.41) is 0. The van der Waals surface area contributed by atoms with Crippen molar-refractivity contribution in [1.29, 1.82) is 0 Å². The van der Waals surface area contributed by atoms with Crippen LogP contribution in [0, 0.1) is 11.8 Å². The number of amides is 2. The van der Waals surface area contributed by atoms with Gasteiger partial charge in [-0.1, -0.05) is 26.0 Å². The van der Waals surface area contributed by atoms with Crippen molar-refractivity contribution in [3.8, 4) is 0 Å². The van der Waals surface area contributed by atoms with E-state index in [1.54, 1.807) is 4.90 Å². The number of nitrogens with zero attached hydrogens (tertiary/aromatic N) is 2. The van der Waals surface area contributed by atoms with Crippen LogP contribution in [0.2, 0.25) is 0 Å². The Bertz CT molecular complexity index is 842. The van der Waals surface area contributed by atoms with Crippen LogP contribution >= 0.6 is 0 Å². The van der Waals surface area contributed by atoms with Crippen LogP contribution < -0.4 is 0 Å². The molecule has 0 saturated carbocycles. The molecule has 31 heavy (non-hydrogen) atoms. The van der Waals surface area contributed by atoms with Crippen molar-refractivity contribution in [2.45, 2.75) is 57.7 Å². The molecule has 0 aromatic heterocycles. The molecule has 3 aliphatic rings. The van der Waals surface area contributed by atoms with Gasteiger partial charge in [0.05, 0.1) is 18.2 Å². The van der Waals surface area contributed by atoms with Gasteiger partial charge >= 0.3 is 12.3 Å². The Balaban J connectivity index is 1.38. The fourth-order valence-corrected chi connectivity index (χ4v) is 4.97. The number of hydrogen-bond donors (Lipinski definition) is 0. The smallest absolute Gasteiger partial charge is 0.416 e. The third kappa shape index (κ3) is 4.00. The number of halogens is 3. The highest BCUT2D eigenvalue weighted by atomic mass is 19.4. The quantitative estimate of drug-likeness (QED) is 0.712. The largest absolute Gasteiger partial charge is 0.445 e. The maximum Gasteiger partial charge on any atom is 0.416 e. The van der Waals surface area contributed by atoms with Gasteiger partial charge in [0, 0.05) is 31.8 Å². The van der Waals surface area contributed by atoms with Gasteiger partial charge in [-0.15, -0.1) is 0 Å². The molecule has 0 N–H and O–H groups in total. The van der Waals surface area contributed by atoms with E-state index in [0.29, 0.717) is 44.5 Å². The maximum atomic E-state index is 12.7. The van der Waals surface area contributed by atoms with E-state index in [9.17, 15) is 22.8 Å². The van der Waals surface area contributed by atoms with Gasteiger partial charge in [-0.3, -0.25) is 4.79 Å². The Labute approximate surface area is 179 Å². The van der Waals surface area contributed by atoms with Crippen molar-refractivity contribution >= 4 is 12.0 Å². The number of hydrogen-bond acceptors (Lipinski definition) is 4. The maximum absolute atomic E-state index is 12.7. The highest BCUT2D eigenvalue weighted by molar-refractivity contribution is 5.79. The van der Waals surface area contributed by atoms with E-state index >= 15 is 0 Å². The Morgan fingerprint density at radius 3 is 2.65 bits per heavy atom. The Morgan fingerprint density at radius 2 is 2.00 bits per heavy atom. The molecule has 1 aromatic carbocycles. The minimum Gasteiger partial charge on any atom is -0.445 e. The summed E-state index contributed by atoms with van der Waals surface area (Å²) in [6, 6.07) is 4.62. The second-order valence-electron chi connectivity index (χ2n) is 8.91. The predicted molar refractivity (Wildman–Crippen MR) is 105 cm³/mol. The first-order valence-corrected chi connectivity index (χ1v) is 10.7. The van der Waals surface area contributed by atoms with Crippen LogP contribution in [0.15, 0.2) is 24.3 Å². The Hall–Kier alpha value is -2.29. The number of carbonyl (C=O) groups is 2. The van der Waals surface area contributed by atoms with Crippen molar-refractivity contribution in [3.05, 3.63) is 35.4 Å². The van der Waals surface area contributed by atoms with E-state index in [1.165, 1.54) is 12.1 Å². The van der Waals surface area contributed by atoms with Crippen molar-refractivity contribution < 1.29 is 32.2 Å². The molecule has 0 radical (unpaired) electrons. The highest BCUT2D eigenvalue weighted by Gasteiger charge is 2.59. The van der Waals surface area contributed by atoms with Crippen LogP contribution in [-0.4, -0.2) is 53.3 Å². The molecule has 3 saturated heterocycles. The molecular weight excluding hydrogens is 413 g/mol. The summed E-state index contributed by atoms with van der Waals surface area (Å²) < 4.78 is 49.6. The van der Waals surface area contributed by atoms with Crippen molar-refractivity contribution in [2.75, 3.05) is 19.7 Å². The van der Waals surface area contributed by atoms with Crippen LogP contribution in [0.1, 0.15) is 44.2 Å². The third-order valence-electron chi connectivity index (χ3n) is 6.71. The fourth-order valence-electron chi connectivity index (χ4n) is 4.97. The normalized spacial score (nSPS) is 28.5. The molecule has 1 spiro atoms. The predicted octanol–water partition coefficient (Wildman–Crippen LogP) is 4.04. The topological polar surface area (TPSA) is 59.1 Å². The van der Waals surface area contributed by atoms with Crippen LogP contribution in [0.5, 0.6) is 0 Å². The zero-order chi connectivity index (χ0) is 22.4. The van der Waals surface area contributed by atoms with Gasteiger partial charge in [-0.05, 0) is 30.0 Å². The van der Waals surface area contributed by atoms with Crippen LogP contribution in [0.3, 0.4) is 0 Å². The van der Waals surface area contributed by atoms with E-state index < -0.39 is 23.6 Å². The summed E-state index contributed by atoms with van der Waals surface area (Å²) in [4.78, 5) is 28.8. The number of ether oxygens (including phenoxy) is 2. The van der Waals surface area contributed by atoms with Crippen molar-refractivity contribution in [2.24, 2.45) is 11.8 Å². The lowest BCUT2D eigenvalue weighted by atomic mass is 9.79. The zero-order valence-corrected chi connectivity index (χ0v) is 17.7. The van der Waals surface area contributed by atoms with Gasteiger partial charge in [0.25, 0.3) is 0 Å². The number of rotatable bonds is 3.